The minimum Gasteiger partial charge on any atom is -0.451 e. The maximum Gasteiger partial charge on any atom is 0.228 e. The molecule has 0 amide bonds. The second-order valence-electron chi connectivity index (χ2n) is 5.46. The fraction of sp³-hybridized carbons (Fsp3) is 0.222. The number of pyridine rings is 1. The number of benzene rings is 1. The number of fused-ring (bicyclic) bond motifs is 1. The minimum absolute atomic E-state index is 0. The van der Waals surface area contributed by atoms with E-state index >= 15 is 0 Å². The summed E-state index contributed by atoms with van der Waals surface area (Å²) in [5.74, 6) is 0.138. The van der Waals surface area contributed by atoms with E-state index in [0.717, 1.165) is 21.1 Å². The molecule has 0 fully saturated rings. The second kappa shape index (κ2) is 8.58. The van der Waals surface area contributed by atoms with Crippen molar-refractivity contribution in [3.63, 3.8) is 0 Å². The highest BCUT2D eigenvalue weighted by Gasteiger charge is 2.17. The van der Waals surface area contributed by atoms with Crippen LogP contribution in [-0.2, 0) is 6.54 Å². The molecule has 0 bridgehead atoms. The van der Waals surface area contributed by atoms with Crippen LogP contribution in [0.15, 0.2) is 45.4 Å². The Morgan fingerprint density at radius 2 is 2.04 bits per heavy atom. The number of ketones is 1. The van der Waals surface area contributed by atoms with E-state index in [0.29, 0.717) is 30.0 Å². The molecule has 2 heterocycles. The summed E-state index contributed by atoms with van der Waals surface area (Å²) >= 11 is 3.36. The van der Waals surface area contributed by atoms with Crippen LogP contribution in [0.1, 0.15) is 27.4 Å². The normalized spacial score (nSPS) is 10.7. The highest BCUT2D eigenvalue weighted by Crippen LogP contribution is 2.26. The number of carbonyl (C=O) groups excluding carboxylic acids is 1. The lowest BCUT2D eigenvalue weighted by molar-refractivity contribution is 0.101. The highest BCUT2D eigenvalue weighted by atomic mass is 79.9. The van der Waals surface area contributed by atoms with Crippen molar-refractivity contribution in [1.29, 1.82) is 0 Å². The first-order chi connectivity index (χ1) is 11.6. The number of halogens is 2. The van der Waals surface area contributed by atoms with Crippen molar-refractivity contribution in [2.24, 2.45) is 0 Å². The maximum absolute atomic E-state index is 12.6. The lowest BCUT2D eigenvalue weighted by Gasteiger charge is -2.04. The first-order valence-corrected chi connectivity index (χ1v) is 8.39. The van der Waals surface area contributed by atoms with Gasteiger partial charge >= 0.3 is 0 Å². The molecule has 5 nitrogen and oxygen atoms in total. The van der Waals surface area contributed by atoms with Gasteiger partial charge < -0.3 is 14.8 Å². The number of nitrogens with zero attached hydrogens (tertiary/aromatic N) is 1. The van der Waals surface area contributed by atoms with E-state index < -0.39 is 0 Å². The van der Waals surface area contributed by atoms with Crippen molar-refractivity contribution in [2.75, 3.05) is 13.2 Å². The molecule has 3 rings (SSSR count). The Balaban J connectivity index is 0.00000225. The molecule has 2 aromatic heterocycles. The summed E-state index contributed by atoms with van der Waals surface area (Å²) < 4.78 is 6.71. The quantitative estimate of drug-likeness (QED) is 0.466. The van der Waals surface area contributed by atoms with E-state index in [2.05, 4.69) is 26.2 Å². The van der Waals surface area contributed by atoms with Crippen molar-refractivity contribution < 1.29 is 14.3 Å². The van der Waals surface area contributed by atoms with Gasteiger partial charge in [0.1, 0.15) is 0 Å². The van der Waals surface area contributed by atoms with E-state index in [1.807, 2.05) is 19.1 Å². The molecule has 132 valence electrons. The number of aliphatic hydroxyl groups is 1. The summed E-state index contributed by atoms with van der Waals surface area (Å²) in [6.45, 7) is 2.97. The van der Waals surface area contributed by atoms with Crippen LogP contribution in [0.5, 0.6) is 0 Å². The Morgan fingerprint density at radius 1 is 1.32 bits per heavy atom. The van der Waals surface area contributed by atoms with Gasteiger partial charge in [0.25, 0.3) is 0 Å². The average Bonchev–Trinajstić information content (AvgIpc) is 3.03. The number of carbonyl (C=O) groups is 1. The third-order valence-corrected chi connectivity index (χ3v) is 4.28. The molecule has 0 saturated heterocycles. The molecule has 0 aliphatic heterocycles. The molecule has 7 heteroatoms. The molecule has 0 spiro atoms. The molecule has 0 aliphatic rings. The van der Waals surface area contributed by atoms with E-state index in [9.17, 15) is 4.79 Å². The number of rotatable bonds is 6. The van der Waals surface area contributed by atoms with Gasteiger partial charge in [-0.15, -0.1) is 12.4 Å². The van der Waals surface area contributed by atoms with Gasteiger partial charge in [-0.25, -0.2) is 0 Å². The third-order valence-electron chi connectivity index (χ3n) is 3.75. The van der Waals surface area contributed by atoms with Crippen LogP contribution in [0, 0.1) is 6.92 Å². The molecule has 3 aromatic rings. The number of hydrogen-bond acceptors (Lipinski definition) is 5. The summed E-state index contributed by atoms with van der Waals surface area (Å²) in [5.41, 5.74) is 2.87. The van der Waals surface area contributed by atoms with Gasteiger partial charge in [-0.05, 0) is 42.8 Å². The van der Waals surface area contributed by atoms with Crippen LogP contribution >= 0.6 is 28.3 Å². The number of aromatic nitrogens is 1. The zero-order valence-corrected chi connectivity index (χ0v) is 16.0. The van der Waals surface area contributed by atoms with Crippen LogP contribution in [-0.4, -0.2) is 29.0 Å². The summed E-state index contributed by atoms with van der Waals surface area (Å²) in [5, 5.41) is 12.9. The van der Waals surface area contributed by atoms with Gasteiger partial charge in [0.15, 0.2) is 11.3 Å². The first-order valence-electron chi connectivity index (χ1n) is 7.60. The number of furan rings is 1. The van der Waals surface area contributed by atoms with E-state index in [1.54, 1.807) is 24.4 Å². The van der Waals surface area contributed by atoms with Crippen molar-refractivity contribution in [1.82, 2.24) is 10.3 Å². The largest absolute Gasteiger partial charge is 0.451 e. The van der Waals surface area contributed by atoms with Crippen LogP contribution in [0.4, 0.5) is 0 Å². The Bertz CT molecular complexity index is 878. The molecule has 0 atom stereocenters. The molecule has 25 heavy (non-hydrogen) atoms. The van der Waals surface area contributed by atoms with Gasteiger partial charge in [-0.3, -0.25) is 9.78 Å². The molecule has 1 aromatic carbocycles. The number of aryl methyl sites for hydroxylation is 1. The lowest BCUT2D eigenvalue weighted by atomic mass is 10.1. The predicted molar refractivity (Wildman–Crippen MR) is 102 cm³/mol. The van der Waals surface area contributed by atoms with Crippen LogP contribution in [0.3, 0.4) is 0 Å². The predicted octanol–water partition coefficient (Wildman–Crippen LogP) is 3.63. The maximum atomic E-state index is 12.6. The molecule has 0 saturated carbocycles. The van der Waals surface area contributed by atoms with E-state index in [1.165, 1.54) is 0 Å². The zero-order chi connectivity index (χ0) is 17.1. The molecule has 2 N–H and O–H groups in total. The standard InChI is InChI=1S/C18H17BrN2O3.ClH/c1-11-18-15(13(10-21-11)9-20-6-7-22)8-16(24-18)17(23)12-2-4-14(19)5-3-12;/h2-5,8,10,20,22H,6-7,9H2,1H3;1H. The SMILES string of the molecule is Cc1ncc(CNCCO)c2cc(C(=O)c3ccc(Br)cc3)oc12.Cl. The third kappa shape index (κ3) is 4.27. The van der Waals surface area contributed by atoms with Crippen molar-refractivity contribution in [2.45, 2.75) is 13.5 Å². The fourth-order valence-electron chi connectivity index (χ4n) is 2.50. The smallest absolute Gasteiger partial charge is 0.228 e. The summed E-state index contributed by atoms with van der Waals surface area (Å²) in [7, 11) is 0. The van der Waals surface area contributed by atoms with Crippen LogP contribution in [0.25, 0.3) is 11.0 Å². The Labute approximate surface area is 160 Å². The number of nitrogens with one attached hydrogen (secondary N) is 1. The summed E-state index contributed by atoms with van der Waals surface area (Å²) in [6.07, 6.45) is 1.77. The first kappa shape index (κ1) is 19.6. The Kier molecular flexibility index (Phi) is 6.72. The van der Waals surface area contributed by atoms with Gasteiger partial charge in [-0.1, -0.05) is 15.9 Å². The van der Waals surface area contributed by atoms with Crippen molar-refractivity contribution in [3.05, 3.63) is 63.6 Å². The highest BCUT2D eigenvalue weighted by molar-refractivity contribution is 9.10. The van der Waals surface area contributed by atoms with Gasteiger partial charge in [-0.2, -0.15) is 0 Å². The van der Waals surface area contributed by atoms with Crippen molar-refractivity contribution >= 4 is 45.1 Å². The Morgan fingerprint density at radius 3 is 2.72 bits per heavy atom. The molecular weight excluding hydrogens is 408 g/mol. The fourth-order valence-corrected chi connectivity index (χ4v) is 2.76. The number of aliphatic hydroxyl groups excluding tert-OH is 1. The van der Waals surface area contributed by atoms with Crippen LogP contribution in [0.2, 0.25) is 0 Å². The minimum atomic E-state index is -0.160. The zero-order valence-electron chi connectivity index (χ0n) is 13.6. The Hall–Kier alpha value is -1.73. The molecule has 0 radical (unpaired) electrons. The van der Waals surface area contributed by atoms with E-state index in [-0.39, 0.29) is 24.8 Å². The summed E-state index contributed by atoms with van der Waals surface area (Å²) in [6, 6.07) is 8.94. The lowest BCUT2D eigenvalue weighted by Crippen LogP contribution is -2.17. The average molecular weight is 426 g/mol. The monoisotopic (exact) mass is 424 g/mol. The number of hydrogen-bond donors (Lipinski definition) is 2. The molecule has 0 unspecified atom stereocenters. The van der Waals surface area contributed by atoms with E-state index in [4.69, 9.17) is 9.52 Å². The van der Waals surface area contributed by atoms with Gasteiger partial charge in [0.05, 0.1) is 12.3 Å². The van der Waals surface area contributed by atoms with Gasteiger partial charge in [0.2, 0.25) is 5.78 Å². The topological polar surface area (TPSA) is 75.4 Å². The van der Waals surface area contributed by atoms with Crippen LogP contribution < -0.4 is 5.32 Å². The summed E-state index contributed by atoms with van der Waals surface area (Å²) in [4.78, 5) is 17.0. The van der Waals surface area contributed by atoms with Gasteiger partial charge in [0, 0.05) is 34.7 Å². The molecule has 0 aliphatic carbocycles. The van der Waals surface area contributed by atoms with Crippen molar-refractivity contribution in [3.8, 4) is 0 Å². The molecular formula is C18H18BrClN2O3. The second-order valence-corrected chi connectivity index (χ2v) is 6.37.